The molecule has 0 N–H and O–H groups in total. The lowest BCUT2D eigenvalue weighted by atomic mass is 10.1. The molecule has 23 heavy (non-hydrogen) atoms. The summed E-state index contributed by atoms with van der Waals surface area (Å²) >= 11 is 5.93. The Bertz CT molecular complexity index is 765. The zero-order chi connectivity index (χ0) is 16.2. The second kappa shape index (κ2) is 6.72. The van der Waals surface area contributed by atoms with Crippen molar-refractivity contribution in [1.82, 2.24) is 5.01 Å². The summed E-state index contributed by atoms with van der Waals surface area (Å²) in [5, 5.41) is 16.8. The Balaban J connectivity index is 1.89. The fourth-order valence-electron chi connectivity index (χ4n) is 2.70. The molecule has 1 aliphatic rings. The van der Waals surface area contributed by atoms with Crippen LogP contribution in [0.3, 0.4) is 0 Å². The minimum Gasteiger partial charge on any atom is -0.496 e. The van der Waals surface area contributed by atoms with Gasteiger partial charge in [0.1, 0.15) is 5.75 Å². The van der Waals surface area contributed by atoms with E-state index in [-0.39, 0.29) is 0 Å². The van der Waals surface area contributed by atoms with Crippen LogP contribution in [0.4, 0.5) is 0 Å². The highest BCUT2D eigenvalue weighted by Crippen LogP contribution is 2.31. The van der Waals surface area contributed by atoms with Gasteiger partial charge in [0.2, 0.25) is 0 Å². The second-order valence-corrected chi connectivity index (χ2v) is 5.68. The Morgan fingerprint density at radius 3 is 2.65 bits per heavy atom. The molecule has 3 rings (SSSR count). The number of nitrogens with zero attached hydrogens (tertiary/aromatic N) is 3. The molecule has 1 heterocycles. The molecule has 5 heteroatoms. The second-order valence-electron chi connectivity index (χ2n) is 5.24. The van der Waals surface area contributed by atoms with Crippen LogP contribution in [0.1, 0.15) is 23.6 Å². The van der Waals surface area contributed by atoms with Gasteiger partial charge in [-0.05, 0) is 23.8 Å². The number of ether oxygens (including phenoxy) is 1. The monoisotopic (exact) mass is 325 g/mol. The van der Waals surface area contributed by atoms with E-state index < -0.39 is 6.04 Å². The maximum absolute atomic E-state index is 9.62. The predicted molar refractivity (Wildman–Crippen MR) is 90.7 cm³/mol. The van der Waals surface area contributed by atoms with Crippen LogP contribution < -0.4 is 4.74 Å². The van der Waals surface area contributed by atoms with E-state index >= 15 is 0 Å². The van der Waals surface area contributed by atoms with Crippen molar-refractivity contribution in [3.05, 3.63) is 64.7 Å². The maximum Gasteiger partial charge on any atom is 0.162 e. The summed E-state index contributed by atoms with van der Waals surface area (Å²) in [4.78, 5) is 0. The molecule has 1 atom stereocenters. The van der Waals surface area contributed by atoms with Crippen LogP contribution in [0.25, 0.3) is 0 Å². The first kappa shape index (κ1) is 15.4. The average Bonchev–Trinajstić information content (AvgIpc) is 3.06. The molecular weight excluding hydrogens is 310 g/mol. The van der Waals surface area contributed by atoms with Gasteiger partial charge in [-0.3, -0.25) is 5.01 Å². The number of rotatable bonds is 4. The third-order valence-electron chi connectivity index (χ3n) is 3.86. The van der Waals surface area contributed by atoms with Crippen molar-refractivity contribution in [1.29, 1.82) is 5.26 Å². The number of hydrogen-bond acceptors (Lipinski definition) is 4. The van der Waals surface area contributed by atoms with Gasteiger partial charge in [0.15, 0.2) is 6.04 Å². The number of para-hydroxylation sites is 1. The van der Waals surface area contributed by atoms with Gasteiger partial charge >= 0.3 is 0 Å². The molecule has 116 valence electrons. The van der Waals surface area contributed by atoms with E-state index in [0.717, 1.165) is 23.3 Å². The quantitative estimate of drug-likeness (QED) is 0.853. The van der Waals surface area contributed by atoms with Crippen LogP contribution in [0.5, 0.6) is 5.75 Å². The number of benzene rings is 2. The van der Waals surface area contributed by atoms with Crippen molar-refractivity contribution < 1.29 is 4.74 Å². The molecule has 0 aromatic heterocycles. The molecule has 2 aromatic carbocycles. The van der Waals surface area contributed by atoms with Crippen LogP contribution >= 0.6 is 11.6 Å². The third-order valence-corrected chi connectivity index (χ3v) is 4.11. The van der Waals surface area contributed by atoms with Crippen molar-refractivity contribution in [2.75, 3.05) is 13.7 Å². The van der Waals surface area contributed by atoms with Crippen LogP contribution in [-0.4, -0.2) is 24.4 Å². The molecule has 0 bridgehead atoms. The van der Waals surface area contributed by atoms with Gasteiger partial charge in [0.05, 0.1) is 18.9 Å². The lowest BCUT2D eigenvalue weighted by Crippen LogP contribution is -2.20. The van der Waals surface area contributed by atoms with Crippen molar-refractivity contribution in [3.63, 3.8) is 0 Å². The van der Waals surface area contributed by atoms with Gasteiger partial charge < -0.3 is 4.74 Å². The molecule has 1 aliphatic heterocycles. The number of hydrogen-bond donors (Lipinski definition) is 0. The summed E-state index contributed by atoms with van der Waals surface area (Å²) in [6.07, 6.45) is 0.801. The Kier molecular flexibility index (Phi) is 4.50. The molecule has 0 amide bonds. The first-order valence-electron chi connectivity index (χ1n) is 7.35. The molecular formula is C18H16ClN3O. The summed E-state index contributed by atoms with van der Waals surface area (Å²) in [7, 11) is 1.61. The smallest absolute Gasteiger partial charge is 0.162 e. The van der Waals surface area contributed by atoms with Crippen LogP contribution in [0, 0.1) is 11.3 Å². The number of hydrazone groups is 1. The van der Waals surface area contributed by atoms with E-state index in [9.17, 15) is 5.26 Å². The third kappa shape index (κ3) is 3.15. The fourth-order valence-corrected chi connectivity index (χ4v) is 2.82. The standard InChI is InChI=1S/C18H16ClN3O/c1-23-18-5-3-2-4-15(18)17(12-20)22-11-10-16(21-22)13-6-8-14(19)9-7-13/h2-9,17H,10-11H2,1H3. The zero-order valence-electron chi connectivity index (χ0n) is 12.7. The van der Waals surface area contributed by atoms with Gasteiger partial charge in [0.25, 0.3) is 0 Å². The molecule has 2 aromatic rings. The Labute approximate surface area is 140 Å². The lowest BCUT2D eigenvalue weighted by Gasteiger charge is -2.21. The summed E-state index contributed by atoms with van der Waals surface area (Å²) in [6.45, 7) is 0.703. The van der Waals surface area contributed by atoms with E-state index in [0.29, 0.717) is 17.3 Å². The molecule has 4 nitrogen and oxygen atoms in total. The van der Waals surface area contributed by atoms with Gasteiger partial charge in [-0.15, -0.1) is 0 Å². The largest absolute Gasteiger partial charge is 0.496 e. The van der Waals surface area contributed by atoms with Gasteiger partial charge in [-0.1, -0.05) is 41.9 Å². The topological polar surface area (TPSA) is 48.6 Å². The van der Waals surface area contributed by atoms with Gasteiger partial charge in [-0.25, -0.2) is 0 Å². The van der Waals surface area contributed by atoms with E-state index in [2.05, 4.69) is 11.2 Å². The Morgan fingerprint density at radius 2 is 1.96 bits per heavy atom. The SMILES string of the molecule is COc1ccccc1C(C#N)N1CCC(c2ccc(Cl)cc2)=N1. The minimum absolute atomic E-state index is 0.462. The summed E-state index contributed by atoms with van der Waals surface area (Å²) in [5.41, 5.74) is 2.84. The Morgan fingerprint density at radius 1 is 1.22 bits per heavy atom. The average molecular weight is 326 g/mol. The Hall–Kier alpha value is -2.51. The molecule has 0 spiro atoms. The molecule has 0 saturated heterocycles. The molecule has 0 aliphatic carbocycles. The first-order chi connectivity index (χ1) is 11.2. The molecule has 0 saturated carbocycles. The summed E-state index contributed by atoms with van der Waals surface area (Å²) in [6, 6.07) is 17.0. The van der Waals surface area contributed by atoms with E-state index in [1.54, 1.807) is 7.11 Å². The first-order valence-corrected chi connectivity index (χ1v) is 7.73. The highest BCUT2D eigenvalue weighted by atomic mass is 35.5. The van der Waals surface area contributed by atoms with E-state index in [1.165, 1.54) is 0 Å². The van der Waals surface area contributed by atoms with Crippen molar-refractivity contribution in [2.24, 2.45) is 5.10 Å². The summed E-state index contributed by atoms with van der Waals surface area (Å²) < 4.78 is 5.37. The summed E-state index contributed by atoms with van der Waals surface area (Å²) in [5.74, 6) is 0.703. The maximum atomic E-state index is 9.62. The van der Waals surface area contributed by atoms with Gasteiger partial charge in [-0.2, -0.15) is 10.4 Å². The van der Waals surface area contributed by atoms with E-state index in [1.807, 2.05) is 53.5 Å². The van der Waals surface area contributed by atoms with E-state index in [4.69, 9.17) is 16.3 Å². The molecule has 1 unspecified atom stereocenters. The zero-order valence-corrected chi connectivity index (χ0v) is 13.5. The highest BCUT2D eigenvalue weighted by molar-refractivity contribution is 6.30. The number of nitriles is 1. The predicted octanol–water partition coefficient (Wildman–Crippen LogP) is 4.02. The van der Waals surface area contributed by atoms with Crippen LogP contribution in [0.15, 0.2) is 53.6 Å². The van der Waals surface area contributed by atoms with Crippen molar-refractivity contribution in [2.45, 2.75) is 12.5 Å². The number of halogens is 1. The lowest BCUT2D eigenvalue weighted by molar-refractivity contribution is 0.268. The van der Waals surface area contributed by atoms with Gasteiger partial charge in [0, 0.05) is 23.6 Å². The number of methoxy groups -OCH3 is 1. The highest BCUT2D eigenvalue weighted by Gasteiger charge is 2.26. The van der Waals surface area contributed by atoms with Crippen LogP contribution in [-0.2, 0) is 0 Å². The molecule has 0 fully saturated rings. The van der Waals surface area contributed by atoms with Crippen molar-refractivity contribution >= 4 is 17.3 Å². The molecule has 0 radical (unpaired) electrons. The normalized spacial score (nSPS) is 15.0. The van der Waals surface area contributed by atoms with Crippen LogP contribution in [0.2, 0.25) is 5.02 Å². The minimum atomic E-state index is -0.462. The fraction of sp³-hybridized carbons (Fsp3) is 0.222. The van der Waals surface area contributed by atoms with Crippen molar-refractivity contribution in [3.8, 4) is 11.8 Å².